The fraction of sp³-hybridized carbons (Fsp3) is 0.733. The van der Waals surface area contributed by atoms with E-state index in [9.17, 15) is 0 Å². The van der Waals surface area contributed by atoms with Crippen molar-refractivity contribution in [3.8, 4) is 0 Å². The van der Waals surface area contributed by atoms with Crippen LogP contribution in [-0.2, 0) is 0 Å². The van der Waals surface area contributed by atoms with E-state index in [0.717, 1.165) is 0 Å². The number of allylic oxidation sites excluding steroid dienone is 4. The maximum atomic E-state index is 2.35. The molecule has 0 unspecified atom stereocenters. The Bertz CT molecular complexity index is 153. The molecule has 0 heterocycles. The van der Waals surface area contributed by atoms with Gasteiger partial charge in [-0.05, 0) is 39.0 Å². The molecule has 0 rings (SSSR count). The highest BCUT2D eigenvalue weighted by Crippen LogP contribution is 2.08. The predicted octanol–water partition coefficient (Wildman–Crippen LogP) is 5.65. The van der Waals surface area contributed by atoms with Gasteiger partial charge < -0.3 is 0 Å². The zero-order valence-electron chi connectivity index (χ0n) is 10.7. The third kappa shape index (κ3) is 13.5. The van der Waals surface area contributed by atoms with Gasteiger partial charge in [0.15, 0.2) is 0 Å². The summed E-state index contributed by atoms with van der Waals surface area (Å²) in [6.45, 7) is 4.33. The van der Waals surface area contributed by atoms with Gasteiger partial charge in [-0.3, -0.25) is 0 Å². The van der Waals surface area contributed by atoms with Crippen LogP contribution in [-0.4, -0.2) is 0 Å². The molecule has 0 amide bonds. The zero-order chi connectivity index (χ0) is 11.2. The Morgan fingerprint density at radius 1 is 0.667 bits per heavy atom. The fourth-order valence-electron chi connectivity index (χ4n) is 1.62. The molecule has 0 aliphatic carbocycles. The summed E-state index contributed by atoms with van der Waals surface area (Å²) in [6.07, 6.45) is 21.2. The molecule has 0 radical (unpaired) electrons. The van der Waals surface area contributed by atoms with Crippen LogP contribution in [0, 0.1) is 0 Å². The maximum Gasteiger partial charge on any atom is -0.0351 e. The quantitative estimate of drug-likeness (QED) is 0.321. The largest absolute Gasteiger partial charge is 0.0917 e. The van der Waals surface area contributed by atoms with Crippen molar-refractivity contribution in [2.75, 3.05) is 0 Å². The predicted molar refractivity (Wildman–Crippen MR) is 71.2 cm³/mol. The molecule has 0 bridgehead atoms. The van der Waals surface area contributed by atoms with Gasteiger partial charge in [-0.2, -0.15) is 0 Å². The Kier molecular flexibility index (Phi) is 13.0. The number of hydrogen-bond acceptors (Lipinski definition) is 0. The first-order valence-electron chi connectivity index (χ1n) is 6.68. The van der Waals surface area contributed by atoms with Crippen LogP contribution in [0.3, 0.4) is 0 Å². The van der Waals surface area contributed by atoms with Crippen molar-refractivity contribution in [2.45, 2.75) is 71.6 Å². The minimum absolute atomic E-state index is 1.25. The molecule has 0 aromatic rings. The summed E-state index contributed by atoms with van der Waals surface area (Å²) < 4.78 is 0. The van der Waals surface area contributed by atoms with Crippen molar-refractivity contribution in [3.63, 3.8) is 0 Å². The summed E-state index contributed by atoms with van der Waals surface area (Å²) in [5.74, 6) is 0. The monoisotopic (exact) mass is 208 g/mol. The van der Waals surface area contributed by atoms with Gasteiger partial charge in [0.2, 0.25) is 0 Å². The number of hydrogen-bond donors (Lipinski definition) is 0. The van der Waals surface area contributed by atoms with E-state index < -0.39 is 0 Å². The summed E-state index contributed by atoms with van der Waals surface area (Å²) >= 11 is 0. The van der Waals surface area contributed by atoms with Crippen LogP contribution in [0.2, 0.25) is 0 Å². The van der Waals surface area contributed by atoms with E-state index >= 15 is 0 Å². The molecule has 0 saturated carbocycles. The van der Waals surface area contributed by atoms with E-state index in [-0.39, 0.29) is 0 Å². The van der Waals surface area contributed by atoms with E-state index in [2.05, 4.69) is 38.2 Å². The number of unbranched alkanes of at least 4 members (excludes halogenated alkanes) is 7. The third-order valence-corrected chi connectivity index (χ3v) is 2.60. The van der Waals surface area contributed by atoms with Crippen molar-refractivity contribution in [1.82, 2.24) is 0 Å². The second-order valence-electron chi connectivity index (χ2n) is 4.17. The smallest absolute Gasteiger partial charge is 0.0351 e. The van der Waals surface area contributed by atoms with Crippen LogP contribution in [0.4, 0.5) is 0 Å². The maximum absolute atomic E-state index is 2.35. The lowest BCUT2D eigenvalue weighted by molar-refractivity contribution is 0.621. The molecule has 0 nitrogen and oxygen atoms in total. The molecule has 0 atom stereocenters. The normalized spacial score (nSPS) is 11.9. The average Bonchev–Trinajstić information content (AvgIpc) is 2.26. The molecule has 0 fully saturated rings. The molecule has 15 heavy (non-hydrogen) atoms. The third-order valence-electron chi connectivity index (χ3n) is 2.60. The first-order chi connectivity index (χ1) is 7.41. The Hall–Kier alpha value is -0.520. The molecule has 88 valence electrons. The highest BCUT2D eigenvalue weighted by atomic mass is 13.9. The van der Waals surface area contributed by atoms with Crippen LogP contribution in [0.5, 0.6) is 0 Å². The van der Waals surface area contributed by atoms with Gasteiger partial charge >= 0.3 is 0 Å². The van der Waals surface area contributed by atoms with Crippen molar-refractivity contribution < 1.29 is 0 Å². The van der Waals surface area contributed by atoms with E-state index in [1.54, 1.807) is 0 Å². The van der Waals surface area contributed by atoms with Crippen LogP contribution in [0.15, 0.2) is 24.3 Å². The first kappa shape index (κ1) is 14.5. The molecular formula is C15H28. The SMILES string of the molecule is CC=CCCCCCCCC=CCCC. The van der Waals surface area contributed by atoms with Crippen molar-refractivity contribution >= 4 is 0 Å². The Labute approximate surface area is 96.5 Å². The molecule has 0 spiro atoms. The van der Waals surface area contributed by atoms with E-state index in [0.29, 0.717) is 0 Å². The lowest BCUT2D eigenvalue weighted by atomic mass is 10.1. The van der Waals surface area contributed by atoms with Crippen molar-refractivity contribution in [3.05, 3.63) is 24.3 Å². The second kappa shape index (κ2) is 13.5. The minimum Gasteiger partial charge on any atom is -0.0917 e. The van der Waals surface area contributed by atoms with Gasteiger partial charge in [-0.1, -0.05) is 56.9 Å². The van der Waals surface area contributed by atoms with Gasteiger partial charge in [0.1, 0.15) is 0 Å². The summed E-state index contributed by atoms with van der Waals surface area (Å²) in [6, 6.07) is 0. The van der Waals surface area contributed by atoms with Gasteiger partial charge in [-0.25, -0.2) is 0 Å². The van der Waals surface area contributed by atoms with Crippen LogP contribution in [0.25, 0.3) is 0 Å². The highest BCUT2D eigenvalue weighted by Gasteiger charge is 1.88. The highest BCUT2D eigenvalue weighted by molar-refractivity contribution is 4.80. The molecule has 0 heteroatoms. The summed E-state index contributed by atoms with van der Waals surface area (Å²) in [5.41, 5.74) is 0. The lowest BCUT2D eigenvalue weighted by Crippen LogP contribution is -1.78. The topological polar surface area (TPSA) is 0 Å². The fourth-order valence-corrected chi connectivity index (χ4v) is 1.62. The van der Waals surface area contributed by atoms with Crippen LogP contribution < -0.4 is 0 Å². The number of rotatable bonds is 10. The minimum atomic E-state index is 1.25. The molecule has 0 aliphatic rings. The molecule has 0 aromatic carbocycles. The summed E-state index contributed by atoms with van der Waals surface area (Å²) in [5, 5.41) is 0. The first-order valence-corrected chi connectivity index (χ1v) is 6.68. The molecule has 0 saturated heterocycles. The second-order valence-corrected chi connectivity index (χ2v) is 4.17. The lowest BCUT2D eigenvalue weighted by Gasteiger charge is -1.98. The van der Waals surface area contributed by atoms with Gasteiger partial charge in [0.25, 0.3) is 0 Å². The van der Waals surface area contributed by atoms with Crippen LogP contribution in [0.1, 0.15) is 71.6 Å². The van der Waals surface area contributed by atoms with Crippen molar-refractivity contribution in [1.29, 1.82) is 0 Å². The van der Waals surface area contributed by atoms with Gasteiger partial charge in [-0.15, -0.1) is 0 Å². The Morgan fingerprint density at radius 3 is 1.80 bits per heavy atom. The van der Waals surface area contributed by atoms with E-state index in [4.69, 9.17) is 0 Å². The van der Waals surface area contributed by atoms with E-state index in [1.165, 1.54) is 57.8 Å². The molecule has 0 N–H and O–H groups in total. The van der Waals surface area contributed by atoms with Gasteiger partial charge in [0.05, 0.1) is 0 Å². The van der Waals surface area contributed by atoms with Gasteiger partial charge in [0, 0.05) is 0 Å². The Balaban J connectivity index is 2.98. The molecule has 0 aliphatic heterocycles. The zero-order valence-corrected chi connectivity index (χ0v) is 10.7. The summed E-state index contributed by atoms with van der Waals surface area (Å²) in [4.78, 5) is 0. The molecular weight excluding hydrogens is 180 g/mol. The van der Waals surface area contributed by atoms with Crippen LogP contribution >= 0.6 is 0 Å². The standard InChI is InChI=1S/C15H28/c1-3-5-7-9-11-13-15-14-12-10-8-6-4-2/h3,5,8,10H,4,6-7,9,11-15H2,1-2H3. The van der Waals surface area contributed by atoms with Crippen molar-refractivity contribution in [2.24, 2.45) is 0 Å². The summed E-state index contributed by atoms with van der Waals surface area (Å²) in [7, 11) is 0. The Morgan fingerprint density at radius 2 is 1.20 bits per heavy atom. The van der Waals surface area contributed by atoms with E-state index in [1.807, 2.05) is 0 Å². The average molecular weight is 208 g/mol. The molecule has 0 aromatic heterocycles.